The number of hydrogen-bond acceptors (Lipinski definition) is 10. The molecule has 5 rings (SSSR count). The standard InChI is InChI=1S/C44H63Cl2N3O8/c1-9-36-41-39(30(5)40(50)29(4)23-44(6,54-8)22-27(2)20-28(3)42(51)56-36)49(43(52)57-41)19-13-12-18-48(26-33-34(45)24-47-25-35(33)46)31-16-17-37(53-7)38(21-31)55-32-14-10-11-15-32/h16-17,21,24-25,27-30,32,36,39,41H,9-15,18-20,22-23,26H2,1-8H3. The predicted molar refractivity (Wildman–Crippen MR) is 222 cm³/mol. The van der Waals surface area contributed by atoms with Crippen LogP contribution in [0.1, 0.15) is 111 Å². The van der Waals surface area contributed by atoms with Crippen molar-refractivity contribution in [2.24, 2.45) is 23.7 Å². The van der Waals surface area contributed by atoms with Crippen LogP contribution in [0.25, 0.3) is 0 Å². The van der Waals surface area contributed by atoms with Gasteiger partial charge in [0.25, 0.3) is 0 Å². The number of halogens is 2. The molecular weight excluding hydrogens is 769 g/mol. The molecule has 1 aromatic heterocycles. The van der Waals surface area contributed by atoms with Gasteiger partial charge in [-0.2, -0.15) is 0 Å². The smallest absolute Gasteiger partial charge is 0.410 e. The molecule has 3 aliphatic rings. The van der Waals surface area contributed by atoms with Gasteiger partial charge in [0.05, 0.1) is 40.8 Å². The van der Waals surface area contributed by atoms with Crippen molar-refractivity contribution in [3.05, 3.63) is 46.2 Å². The normalized spacial score (nSPS) is 29.1. The van der Waals surface area contributed by atoms with E-state index < -0.39 is 35.9 Å². The highest BCUT2D eigenvalue weighted by atomic mass is 35.5. The fraction of sp³-hybridized carbons (Fsp3) is 0.682. The number of rotatable bonds is 13. The minimum absolute atomic E-state index is 0.0308. The fourth-order valence-corrected chi connectivity index (χ4v) is 9.72. The molecule has 3 heterocycles. The predicted octanol–water partition coefficient (Wildman–Crippen LogP) is 9.72. The molecule has 1 aromatic carbocycles. The summed E-state index contributed by atoms with van der Waals surface area (Å²) in [5, 5.41) is 0.939. The summed E-state index contributed by atoms with van der Waals surface area (Å²) in [5.74, 6) is -0.0258. The lowest BCUT2D eigenvalue weighted by atomic mass is 9.77. The van der Waals surface area contributed by atoms with E-state index in [2.05, 4.69) is 16.8 Å². The molecule has 1 amide bonds. The molecular formula is C44H63Cl2N3O8. The summed E-state index contributed by atoms with van der Waals surface area (Å²) < 4.78 is 30.3. The number of benzene rings is 1. The first-order valence-corrected chi connectivity index (χ1v) is 21.6. The van der Waals surface area contributed by atoms with Gasteiger partial charge in [-0.3, -0.25) is 14.6 Å². The van der Waals surface area contributed by atoms with Crippen LogP contribution in [0.4, 0.5) is 10.5 Å². The molecule has 316 valence electrons. The van der Waals surface area contributed by atoms with Crippen LogP contribution >= 0.6 is 23.2 Å². The number of carbonyl (C=O) groups is 3. The number of esters is 1. The maximum atomic E-state index is 14.3. The number of hydrogen-bond donors (Lipinski definition) is 0. The SMILES string of the molecule is CCC1OC(=O)C(C)CC(C)CC(C)(OC)CC(C)C(=O)C(C)C2C1OC(=O)N2CCCCN(Cc1c(Cl)cncc1Cl)c1ccc(OC)c(OC2CCCC2)c1. The number of carbonyl (C=O) groups excluding carboxylic acids is 3. The second-order valence-electron chi connectivity index (χ2n) is 16.9. The Hall–Kier alpha value is -3.28. The molecule has 1 saturated carbocycles. The summed E-state index contributed by atoms with van der Waals surface area (Å²) in [4.78, 5) is 49.6. The Bertz CT molecular complexity index is 1670. The van der Waals surface area contributed by atoms with E-state index in [1.807, 2.05) is 52.8 Å². The van der Waals surface area contributed by atoms with Crippen LogP contribution in [0, 0.1) is 23.7 Å². The third-order valence-electron chi connectivity index (χ3n) is 12.3. The average molecular weight is 833 g/mol. The molecule has 2 aliphatic heterocycles. The number of ketones is 1. The summed E-state index contributed by atoms with van der Waals surface area (Å²) in [5.41, 5.74) is 1.11. The summed E-state index contributed by atoms with van der Waals surface area (Å²) in [6.45, 7) is 13.1. The number of ether oxygens (including phenoxy) is 5. The Balaban J connectivity index is 1.38. The van der Waals surface area contributed by atoms with Crippen LogP contribution < -0.4 is 14.4 Å². The van der Waals surface area contributed by atoms with Gasteiger partial charge < -0.3 is 33.5 Å². The molecule has 2 saturated heterocycles. The first kappa shape index (κ1) is 44.8. The monoisotopic (exact) mass is 831 g/mol. The lowest BCUT2D eigenvalue weighted by molar-refractivity contribution is -0.161. The Morgan fingerprint density at radius 1 is 0.947 bits per heavy atom. The molecule has 0 bridgehead atoms. The van der Waals surface area contributed by atoms with Gasteiger partial charge in [-0.1, -0.05) is 57.8 Å². The maximum Gasteiger partial charge on any atom is 0.410 e. The van der Waals surface area contributed by atoms with Crippen LogP contribution in [-0.2, 0) is 30.3 Å². The van der Waals surface area contributed by atoms with Gasteiger partial charge in [0, 0.05) is 68.3 Å². The summed E-state index contributed by atoms with van der Waals surface area (Å²) in [6, 6.07) is 5.31. The number of amides is 1. The van der Waals surface area contributed by atoms with Crippen LogP contribution in [0.2, 0.25) is 10.0 Å². The topological polar surface area (TPSA) is 117 Å². The van der Waals surface area contributed by atoms with Crippen molar-refractivity contribution in [1.82, 2.24) is 9.88 Å². The minimum atomic E-state index is -0.788. The highest BCUT2D eigenvalue weighted by Gasteiger charge is 2.51. The first-order chi connectivity index (χ1) is 27.2. The van der Waals surface area contributed by atoms with Crippen LogP contribution in [0.15, 0.2) is 30.6 Å². The molecule has 57 heavy (non-hydrogen) atoms. The zero-order valence-electron chi connectivity index (χ0n) is 35.1. The number of aromatic nitrogens is 1. The van der Waals surface area contributed by atoms with E-state index >= 15 is 0 Å². The number of cyclic esters (lactones) is 1. The second kappa shape index (κ2) is 20.1. The first-order valence-electron chi connectivity index (χ1n) is 20.8. The molecule has 0 spiro atoms. The third kappa shape index (κ3) is 11.1. The zero-order chi connectivity index (χ0) is 41.4. The van der Waals surface area contributed by atoms with Crippen molar-refractivity contribution in [3.8, 4) is 11.5 Å². The van der Waals surface area contributed by atoms with Gasteiger partial charge in [-0.15, -0.1) is 0 Å². The largest absolute Gasteiger partial charge is 0.493 e. The molecule has 8 unspecified atom stereocenters. The molecule has 1 aliphatic carbocycles. The molecule has 3 fully saturated rings. The van der Waals surface area contributed by atoms with Gasteiger partial charge in [0.15, 0.2) is 17.6 Å². The van der Waals surface area contributed by atoms with Crippen LogP contribution in [0.3, 0.4) is 0 Å². The summed E-state index contributed by atoms with van der Waals surface area (Å²) in [6.07, 6.45) is 9.23. The molecule has 0 N–H and O–H groups in total. The van der Waals surface area contributed by atoms with Gasteiger partial charge in [0.2, 0.25) is 0 Å². The van der Waals surface area contributed by atoms with Gasteiger partial charge in [-0.25, -0.2) is 4.79 Å². The van der Waals surface area contributed by atoms with E-state index in [4.69, 9.17) is 46.9 Å². The van der Waals surface area contributed by atoms with Crippen LogP contribution in [-0.4, -0.2) is 85.0 Å². The number of pyridine rings is 1. The number of anilines is 1. The Kier molecular flexibility index (Phi) is 15.8. The Labute approximate surface area is 349 Å². The van der Waals surface area contributed by atoms with Crippen molar-refractivity contribution in [2.45, 2.75) is 142 Å². The second-order valence-corrected chi connectivity index (χ2v) is 17.7. The maximum absolute atomic E-state index is 14.3. The van der Waals surface area contributed by atoms with Crippen molar-refractivity contribution < 1.29 is 38.1 Å². The summed E-state index contributed by atoms with van der Waals surface area (Å²) >= 11 is 13.3. The summed E-state index contributed by atoms with van der Waals surface area (Å²) in [7, 11) is 3.32. The number of fused-ring (bicyclic) bond motifs is 1. The quantitative estimate of drug-likeness (QED) is 0.143. The lowest BCUT2D eigenvalue weighted by Crippen LogP contribution is -2.51. The van der Waals surface area contributed by atoms with E-state index in [1.165, 1.54) is 0 Å². The highest BCUT2D eigenvalue weighted by molar-refractivity contribution is 6.35. The minimum Gasteiger partial charge on any atom is -0.493 e. The van der Waals surface area contributed by atoms with E-state index in [-0.39, 0.29) is 35.6 Å². The molecule has 0 radical (unpaired) electrons. The van der Waals surface area contributed by atoms with E-state index in [0.29, 0.717) is 79.7 Å². The third-order valence-corrected chi connectivity index (χ3v) is 13.0. The number of Topliss-reactive ketones (excluding diaryl/α,β-unsaturated/α-hetero) is 1. The zero-order valence-corrected chi connectivity index (χ0v) is 36.6. The highest BCUT2D eigenvalue weighted by Crippen LogP contribution is 2.39. The van der Waals surface area contributed by atoms with Crippen molar-refractivity contribution in [2.75, 3.05) is 32.2 Å². The van der Waals surface area contributed by atoms with E-state index in [0.717, 1.165) is 36.9 Å². The van der Waals surface area contributed by atoms with Gasteiger partial charge >= 0.3 is 12.1 Å². The van der Waals surface area contributed by atoms with E-state index in [1.54, 1.807) is 31.5 Å². The average Bonchev–Trinajstić information content (AvgIpc) is 3.81. The molecule has 2 aromatic rings. The Morgan fingerprint density at radius 2 is 1.65 bits per heavy atom. The van der Waals surface area contributed by atoms with E-state index in [9.17, 15) is 14.4 Å². The molecule has 8 atom stereocenters. The van der Waals surface area contributed by atoms with Crippen molar-refractivity contribution >= 4 is 46.7 Å². The Morgan fingerprint density at radius 3 is 2.30 bits per heavy atom. The van der Waals surface area contributed by atoms with Crippen molar-refractivity contribution in [3.63, 3.8) is 0 Å². The van der Waals surface area contributed by atoms with Crippen molar-refractivity contribution in [1.29, 1.82) is 0 Å². The number of unbranched alkanes of at least 4 members (excludes halogenated alkanes) is 1. The number of nitrogens with zero attached hydrogens (tertiary/aromatic N) is 3. The van der Waals surface area contributed by atoms with Gasteiger partial charge in [-0.05, 0) is 89.2 Å². The molecule has 11 nitrogen and oxygen atoms in total. The fourth-order valence-electron chi connectivity index (χ4n) is 9.23. The number of methoxy groups -OCH3 is 2. The van der Waals surface area contributed by atoms with Gasteiger partial charge in [0.1, 0.15) is 11.9 Å². The lowest BCUT2D eigenvalue weighted by Gasteiger charge is -2.37. The molecule has 13 heteroatoms. The van der Waals surface area contributed by atoms with Crippen LogP contribution in [0.5, 0.6) is 11.5 Å².